The van der Waals surface area contributed by atoms with Crippen LogP contribution in [0.2, 0.25) is 0 Å². The minimum atomic E-state index is -0.196. The molecule has 6 aromatic rings. The van der Waals surface area contributed by atoms with Gasteiger partial charge in [0, 0.05) is 47.7 Å². The quantitative estimate of drug-likeness (QED) is 0.144. The second kappa shape index (κ2) is 15.7. The molecule has 7 heteroatoms. The van der Waals surface area contributed by atoms with Gasteiger partial charge < -0.3 is 4.74 Å². The van der Waals surface area contributed by atoms with Crippen molar-refractivity contribution in [3.8, 4) is 22.5 Å². The largest absolute Gasteiger partial charge is 0.381 e. The van der Waals surface area contributed by atoms with Gasteiger partial charge in [-0.2, -0.15) is 0 Å². The van der Waals surface area contributed by atoms with Crippen LogP contribution in [0.4, 0.5) is 0 Å². The standard InChI is InChI=1S/C18H16N2O2.C17H13NO.C4H8O/c1-20(22-2)18(21)15-12-17(13-8-4-3-5-9-13)19-16-11-7-6-10-14(15)16;1-12(19)15-11-17(13-7-3-2-4-8-13)18-16-10-6-5-9-14(15)16;1-2-4-5-3-1/h3-12H,1-2H3;2-11H,1H3;1-4H2. The van der Waals surface area contributed by atoms with Crippen LogP contribution < -0.4 is 0 Å². The van der Waals surface area contributed by atoms with Gasteiger partial charge in [0.2, 0.25) is 0 Å². The van der Waals surface area contributed by atoms with Crippen molar-refractivity contribution in [3.63, 3.8) is 0 Å². The first-order valence-corrected chi connectivity index (χ1v) is 15.3. The van der Waals surface area contributed by atoms with E-state index in [9.17, 15) is 9.59 Å². The number of hydrogen-bond donors (Lipinski definition) is 0. The molecule has 0 saturated carbocycles. The number of rotatable bonds is 5. The van der Waals surface area contributed by atoms with Gasteiger partial charge in [0.25, 0.3) is 5.91 Å². The highest BCUT2D eigenvalue weighted by Gasteiger charge is 2.17. The third kappa shape index (κ3) is 7.88. The van der Waals surface area contributed by atoms with E-state index in [1.54, 1.807) is 14.0 Å². The second-order valence-corrected chi connectivity index (χ2v) is 10.7. The third-order valence-corrected chi connectivity index (χ3v) is 7.57. The summed E-state index contributed by atoms with van der Waals surface area (Å²) in [5.41, 5.74) is 6.55. The summed E-state index contributed by atoms with van der Waals surface area (Å²) in [6.07, 6.45) is 2.56. The summed E-state index contributed by atoms with van der Waals surface area (Å²) in [4.78, 5) is 38.7. The molecule has 1 amide bonds. The van der Waals surface area contributed by atoms with Gasteiger partial charge >= 0.3 is 0 Å². The minimum Gasteiger partial charge on any atom is -0.381 e. The number of hydroxylamine groups is 2. The number of carbonyl (C=O) groups excluding carboxylic acids is 2. The molecule has 1 saturated heterocycles. The van der Waals surface area contributed by atoms with Crippen LogP contribution in [0.1, 0.15) is 40.5 Å². The number of carbonyl (C=O) groups is 2. The third-order valence-electron chi connectivity index (χ3n) is 7.57. The number of amides is 1. The first-order valence-electron chi connectivity index (χ1n) is 15.3. The molecule has 2 aromatic heterocycles. The van der Waals surface area contributed by atoms with E-state index < -0.39 is 0 Å². The summed E-state index contributed by atoms with van der Waals surface area (Å²) >= 11 is 0. The predicted molar refractivity (Wildman–Crippen MR) is 184 cm³/mol. The van der Waals surface area contributed by atoms with Gasteiger partial charge in [-0.1, -0.05) is 97.1 Å². The van der Waals surface area contributed by atoms with Gasteiger partial charge in [-0.15, -0.1) is 0 Å². The number of nitrogens with zero attached hydrogens (tertiary/aromatic N) is 3. The lowest BCUT2D eigenvalue weighted by Crippen LogP contribution is -2.25. The summed E-state index contributed by atoms with van der Waals surface area (Å²) in [5.74, 6) is -0.130. The van der Waals surface area contributed by atoms with Crippen molar-refractivity contribution in [2.24, 2.45) is 0 Å². The normalized spacial score (nSPS) is 12.1. The Morgan fingerprint density at radius 2 is 1.09 bits per heavy atom. The second-order valence-electron chi connectivity index (χ2n) is 10.7. The van der Waals surface area contributed by atoms with Crippen LogP contribution in [0.5, 0.6) is 0 Å². The van der Waals surface area contributed by atoms with Gasteiger partial charge in [-0.3, -0.25) is 14.4 Å². The molecule has 46 heavy (non-hydrogen) atoms. The van der Waals surface area contributed by atoms with Gasteiger partial charge in [-0.25, -0.2) is 15.0 Å². The Labute approximate surface area is 269 Å². The van der Waals surface area contributed by atoms with Crippen LogP contribution in [-0.4, -0.2) is 54.1 Å². The molecule has 4 aromatic carbocycles. The summed E-state index contributed by atoms with van der Waals surface area (Å²) in [6.45, 7) is 3.59. The first-order chi connectivity index (χ1) is 22.5. The molecule has 232 valence electrons. The van der Waals surface area contributed by atoms with E-state index in [2.05, 4.69) is 9.97 Å². The SMILES string of the molecule is C1CCOC1.CC(=O)c1cc(-c2ccccc2)nc2ccccc12.CON(C)C(=O)c1cc(-c2ccccc2)nc2ccccc12. The Kier molecular flexibility index (Phi) is 10.9. The van der Waals surface area contributed by atoms with Crippen molar-refractivity contribution in [1.29, 1.82) is 0 Å². The van der Waals surface area contributed by atoms with E-state index in [1.807, 2.05) is 121 Å². The van der Waals surface area contributed by atoms with Crippen molar-refractivity contribution in [2.75, 3.05) is 27.4 Å². The van der Waals surface area contributed by atoms with E-state index in [0.717, 1.165) is 63.1 Å². The number of ketones is 1. The lowest BCUT2D eigenvalue weighted by Gasteiger charge is -2.16. The van der Waals surface area contributed by atoms with E-state index >= 15 is 0 Å². The highest BCUT2D eigenvalue weighted by molar-refractivity contribution is 6.07. The monoisotopic (exact) mass is 611 g/mol. The van der Waals surface area contributed by atoms with Gasteiger partial charge in [0.05, 0.1) is 35.1 Å². The van der Waals surface area contributed by atoms with Crippen molar-refractivity contribution in [3.05, 3.63) is 132 Å². The first kappa shape index (κ1) is 32.2. The Balaban J connectivity index is 0.000000158. The Bertz CT molecular complexity index is 1920. The molecule has 0 aliphatic carbocycles. The van der Waals surface area contributed by atoms with E-state index in [1.165, 1.54) is 25.0 Å². The van der Waals surface area contributed by atoms with E-state index in [-0.39, 0.29) is 11.7 Å². The van der Waals surface area contributed by atoms with E-state index in [0.29, 0.717) is 5.56 Å². The highest BCUT2D eigenvalue weighted by atomic mass is 16.7. The fourth-order valence-corrected chi connectivity index (χ4v) is 5.10. The number of aromatic nitrogens is 2. The van der Waals surface area contributed by atoms with Crippen molar-refractivity contribution in [1.82, 2.24) is 15.0 Å². The summed E-state index contributed by atoms with van der Waals surface area (Å²) in [6, 6.07) is 38.8. The molecule has 1 aliphatic heterocycles. The zero-order valence-electron chi connectivity index (χ0n) is 26.4. The van der Waals surface area contributed by atoms with Gasteiger partial charge in [-0.05, 0) is 44.0 Å². The number of hydrogen-bond acceptors (Lipinski definition) is 6. The van der Waals surface area contributed by atoms with Gasteiger partial charge in [0.15, 0.2) is 5.78 Å². The van der Waals surface area contributed by atoms with Crippen LogP contribution in [0, 0.1) is 0 Å². The molecule has 0 spiro atoms. The Hall–Kier alpha value is -5.24. The summed E-state index contributed by atoms with van der Waals surface area (Å²) in [7, 11) is 3.07. The maximum absolute atomic E-state index is 12.5. The molecule has 0 bridgehead atoms. The number of pyridine rings is 2. The highest BCUT2D eigenvalue weighted by Crippen LogP contribution is 2.26. The topological polar surface area (TPSA) is 81.6 Å². The molecule has 0 radical (unpaired) electrons. The molecule has 0 N–H and O–H groups in total. The molecule has 0 unspecified atom stereocenters. The van der Waals surface area contributed by atoms with Crippen LogP contribution in [-0.2, 0) is 9.57 Å². The lowest BCUT2D eigenvalue weighted by atomic mass is 10.0. The molecular weight excluding hydrogens is 574 g/mol. The Morgan fingerprint density at radius 1 is 0.652 bits per heavy atom. The van der Waals surface area contributed by atoms with Crippen molar-refractivity contribution in [2.45, 2.75) is 19.8 Å². The summed E-state index contributed by atoms with van der Waals surface area (Å²) < 4.78 is 4.94. The molecule has 3 heterocycles. The van der Waals surface area contributed by atoms with Crippen molar-refractivity contribution >= 4 is 33.5 Å². The summed E-state index contributed by atoms with van der Waals surface area (Å²) in [5, 5.41) is 2.95. The molecule has 7 rings (SSSR count). The number of fused-ring (bicyclic) bond motifs is 2. The van der Waals surface area contributed by atoms with Crippen LogP contribution in [0.15, 0.2) is 121 Å². The molecule has 0 atom stereocenters. The fraction of sp³-hybridized carbons (Fsp3) is 0.179. The predicted octanol–water partition coefficient (Wildman–Crippen LogP) is 8.44. The maximum atomic E-state index is 12.5. The number of ether oxygens (including phenoxy) is 1. The van der Waals surface area contributed by atoms with Crippen molar-refractivity contribution < 1.29 is 19.2 Å². The van der Waals surface area contributed by atoms with Crippen LogP contribution >= 0.6 is 0 Å². The van der Waals surface area contributed by atoms with Crippen LogP contribution in [0.3, 0.4) is 0 Å². The fourth-order valence-electron chi connectivity index (χ4n) is 5.10. The maximum Gasteiger partial charge on any atom is 0.277 e. The smallest absolute Gasteiger partial charge is 0.277 e. The van der Waals surface area contributed by atoms with Crippen LogP contribution in [0.25, 0.3) is 44.3 Å². The number of Topliss-reactive ketones (excluding diaryl/α,β-unsaturated/α-hetero) is 1. The zero-order chi connectivity index (χ0) is 32.3. The average molecular weight is 612 g/mol. The van der Waals surface area contributed by atoms with E-state index in [4.69, 9.17) is 9.57 Å². The molecule has 1 fully saturated rings. The molecular formula is C39H37N3O4. The molecule has 1 aliphatic rings. The Morgan fingerprint density at radius 3 is 1.52 bits per heavy atom. The average Bonchev–Trinajstić information content (AvgIpc) is 3.72. The van der Waals surface area contributed by atoms with Gasteiger partial charge in [0.1, 0.15) is 0 Å². The molecule has 7 nitrogen and oxygen atoms in total. The number of benzene rings is 4. The lowest BCUT2D eigenvalue weighted by molar-refractivity contribution is -0.0755. The zero-order valence-corrected chi connectivity index (χ0v) is 26.4. The number of para-hydroxylation sites is 2. The minimum absolute atomic E-state index is 0.0655.